The highest BCUT2D eigenvalue weighted by Gasteiger charge is 2.57. The van der Waals surface area contributed by atoms with Crippen molar-refractivity contribution < 1.29 is 27.8 Å². The zero-order chi connectivity index (χ0) is 30.1. The number of carbonyl (C=O) groups is 2. The number of hydrogen-bond acceptors (Lipinski definition) is 6. The summed E-state index contributed by atoms with van der Waals surface area (Å²) in [5, 5.41) is 3.56. The summed E-state index contributed by atoms with van der Waals surface area (Å²) >= 11 is 6.71. The van der Waals surface area contributed by atoms with Crippen LogP contribution in [0.1, 0.15) is 60.8 Å². The Morgan fingerprint density at radius 1 is 1.17 bits per heavy atom. The summed E-state index contributed by atoms with van der Waals surface area (Å²) in [5.74, 6) is -2.19. The number of rotatable bonds is 3. The number of nitrogens with zero attached hydrogens (tertiary/aromatic N) is 3. The molecule has 1 aromatic carbocycles. The molecule has 2 atom stereocenters. The van der Waals surface area contributed by atoms with E-state index in [-0.39, 0.29) is 28.0 Å². The Kier molecular flexibility index (Phi) is 7.03. The molecular formula is C29H36ClF2N5O4. The maximum absolute atomic E-state index is 15.6. The van der Waals surface area contributed by atoms with Gasteiger partial charge in [0.2, 0.25) is 0 Å². The normalized spacial score (nSPS) is 20.9. The highest BCUT2D eigenvalue weighted by molar-refractivity contribution is 6.36. The van der Waals surface area contributed by atoms with Crippen molar-refractivity contribution in [2.75, 3.05) is 29.9 Å². The number of amides is 2. The predicted molar refractivity (Wildman–Crippen MR) is 155 cm³/mol. The van der Waals surface area contributed by atoms with Crippen molar-refractivity contribution in [3.8, 4) is 0 Å². The molecule has 2 amide bonds. The lowest BCUT2D eigenvalue weighted by Crippen LogP contribution is -2.42. The molecule has 9 nitrogen and oxygen atoms in total. The van der Waals surface area contributed by atoms with Gasteiger partial charge in [-0.2, -0.15) is 0 Å². The summed E-state index contributed by atoms with van der Waals surface area (Å²) in [4.78, 5) is 35.9. The number of halogens is 3. The van der Waals surface area contributed by atoms with Gasteiger partial charge in [-0.05, 0) is 60.8 Å². The predicted octanol–water partition coefficient (Wildman–Crippen LogP) is 6.90. The SMILES string of the molecule is CN(C(=O)OC(C)(C)C)c1cc(F)c(F)c2c1[nH]c1ncc(Cl)c(N3CCC[C@@]4(C[C@H]4NC(=O)OC(C)(C)C)C3)c12. The third-order valence-electron chi connectivity index (χ3n) is 7.53. The van der Waals surface area contributed by atoms with Gasteiger partial charge in [-0.25, -0.2) is 23.4 Å². The lowest BCUT2D eigenvalue weighted by Gasteiger charge is -2.36. The average Bonchev–Trinajstić information content (AvgIpc) is 3.31. The molecule has 1 saturated heterocycles. The Morgan fingerprint density at radius 2 is 1.85 bits per heavy atom. The zero-order valence-electron chi connectivity index (χ0n) is 24.4. The molecule has 1 saturated carbocycles. The van der Waals surface area contributed by atoms with Crippen LogP contribution in [0.4, 0.5) is 29.7 Å². The maximum atomic E-state index is 15.6. The van der Waals surface area contributed by atoms with E-state index in [0.29, 0.717) is 34.8 Å². The van der Waals surface area contributed by atoms with Gasteiger partial charge in [-0.15, -0.1) is 0 Å². The number of anilines is 2. The largest absolute Gasteiger partial charge is 0.444 e. The summed E-state index contributed by atoms with van der Waals surface area (Å²) < 4.78 is 41.6. The fourth-order valence-corrected chi connectivity index (χ4v) is 5.97. The topological polar surface area (TPSA) is 99.8 Å². The molecule has 41 heavy (non-hydrogen) atoms. The molecule has 2 N–H and O–H groups in total. The van der Waals surface area contributed by atoms with E-state index >= 15 is 8.78 Å². The van der Waals surface area contributed by atoms with Gasteiger partial charge < -0.3 is 24.7 Å². The second-order valence-corrected chi connectivity index (χ2v) is 13.5. The highest BCUT2D eigenvalue weighted by Crippen LogP contribution is 2.54. The first-order valence-electron chi connectivity index (χ1n) is 13.7. The fourth-order valence-electron chi connectivity index (χ4n) is 5.71. The van der Waals surface area contributed by atoms with Crippen LogP contribution < -0.4 is 15.1 Å². The number of pyridine rings is 1. The van der Waals surface area contributed by atoms with E-state index in [4.69, 9.17) is 21.1 Å². The van der Waals surface area contributed by atoms with E-state index in [1.165, 1.54) is 13.2 Å². The number of carbonyl (C=O) groups excluding carboxylic acids is 2. The summed E-state index contributed by atoms with van der Waals surface area (Å²) in [5.41, 5.74) is -0.438. The van der Waals surface area contributed by atoms with Crippen LogP contribution in [-0.4, -0.2) is 59.5 Å². The minimum absolute atomic E-state index is 0.0470. The van der Waals surface area contributed by atoms with Gasteiger partial charge in [0.25, 0.3) is 0 Å². The number of hydrogen-bond donors (Lipinski definition) is 2. The van der Waals surface area contributed by atoms with Gasteiger partial charge in [0.05, 0.1) is 38.9 Å². The summed E-state index contributed by atoms with van der Waals surface area (Å²) in [7, 11) is 1.44. The molecule has 0 bridgehead atoms. The van der Waals surface area contributed by atoms with Gasteiger partial charge in [0.1, 0.15) is 16.8 Å². The lowest BCUT2D eigenvalue weighted by atomic mass is 9.93. The van der Waals surface area contributed by atoms with Crippen LogP contribution in [-0.2, 0) is 9.47 Å². The molecule has 12 heteroatoms. The molecule has 3 heterocycles. The van der Waals surface area contributed by atoms with Crippen molar-refractivity contribution in [2.45, 2.75) is 78.0 Å². The number of aromatic amines is 1. The molecule has 5 rings (SSSR count). The molecule has 3 aromatic rings. The highest BCUT2D eigenvalue weighted by atomic mass is 35.5. The van der Waals surface area contributed by atoms with Crippen molar-refractivity contribution >= 4 is 57.1 Å². The molecular weight excluding hydrogens is 556 g/mol. The first kappa shape index (κ1) is 29.2. The minimum Gasteiger partial charge on any atom is -0.444 e. The van der Waals surface area contributed by atoms with Crippen molar-refractivity contribution in [1.29, 1.82) is 0 Å². The number of benzene rings is 1. The molecule has 1 aliphatic heterocycles. The smallest absolute Gasteiger partial charge is 0.414 e. The van der Waals surface area contributed by atoms with Crippen LogP contribution in [0.2, 0.25) is 5.02 Å². The summed E-state index contributed by atoms with van der Waals surface area (Å²) in [6.07, 6.45) is 2.79. The Labute approximate surface area is 242 Å². The van der Waals surface area contributed by atoms with Gasteiger partial charge in [-0.1, -0.05) is 11.6 Å². The van der Waals surface area contributed by atoms with E-state index in [1.807, 2.05) is 20.8 Å². The van der Waals surface area contributed by atoms with Crippen molar-refractivity contribution in [3.05, 3.63) is 28.9 Å². The first-order valence-corrected chi connectivity index (χ1v) is 14.1. The van der Waals surface area contributed by atoms with Crippen LogP contribution in [0, 0.1) is 17.0 Å². The second kappa shape index (κ2) is 9.89. The zero-order valence-corrected chi connectivity index (χ0v) is 25.1. The van der Waals surface area contributed by atoms with Gasteiger partial charge in [-0.3, -0.25) is 4.90 Å². The molecule has 2 aromatic heterocycles. The van der Waals surface area contributed by atoms with E-state index in [9.17, 15) is 9.59 Å². The minimum atomic E-state index is -1.12. The van der Waals surface area contributed by atoms with E-state index < -0.39 is 35.0 Å². The van der Waals surface area contributed by atoms with Crippen LogP contribution in [0.3, 0.4) is 0 Å². The number of fused-ring (bicyclic) bond motifs is 3. The van der Waals surface area contributed by atoms with Crippen LogP contribution in [0.15, 0.2) is 12.3 Å². The van der Waals surface area contributed by atoms with E-state index in [1.54, 1.807) is 20.8 Å². The third-order valence-corrected chi connectivity index (χ3v) is 7.81. The van der Waals surface area contributed by atoms with Gasteiger partial charge in [0.15, 0.2) is 11.6 Å². The van der Waals surface area contributed by atoms with Crippen LogP contribution in [0.5, 0.6) is 0 Å². The first-order chi connectivity index (χ1) is 19.0. The van der Waals surface area contributed by atoms with Crippen LogP contribution >= 0.6 is 11.6 Å². The standard InChI is InChI=1S/C29H36ClF2N5O4/c1-27(2,3)40-25(38)34-18-12-29(18)9-8-10-37(14-29)23-15(30)13-33-24-20(23)19-21(32)16(31)11-17(22(19)35-24)36(7)26(39)41-28(4,5)6/h11,13,18H,8-10,12,14H2,1-7H3,(H,33,35)(H,34,38)/t18-,29-/m1/s1. The number of nitrogens with one attached hydrogen (secondary N) is 2. The third kappa shape index (κ3) is 5.60. The van der Waals surface area contributed by atoms with Crippen molar-refractivity contribution in [1.82, 2.24) is 15.3 Å². The number of alkyl carbamates (subject to hydrolysis) is 1. The molecule has 1 spiro atoms. The molecule has 2 aliphatic rings. The number of piperidine rings is 1. The van der Waals surface area contributed by atoms with Gasteiger partial charge >= 0.3 is 12.2 Å². The molecule has 2 fully saturated rings. The van der Waals surface area contributed by atoms with Gasteiger partial charge in [0, 0.05) is 37.7 Å². The lowest BCUT2D eigenvalue weighted by molar-refractivity contribution is 0.0513. The fraction of sp³-hybridized carbons (Fsp3) is 0.552. The summed E-state index contributed by atoms with van der Waals surface area (Å²) in [6, 6.07) is 0.896. The Bertz CT molecular complexity index is 1550. The quantitative estimate of drug-likeness (QED) is 0.344. The summed E-state index contributed by atoms with van der Waals surface area (Å²) in [6.45, 7) is 11.8. The maximum Gasteiger partial charge on any atom is 0.414 e. The Hall–Kier alpha value is -3.34. The van der Waals surface area contributed by atoms with Crippen LogP contribution in [0.25, 0.3) is 21.9 Å². The van der Waals surface area contributed by atoms with Crippen molar-refractivity contribution in [2.24, 2.45) is 5.41 Å². The average molecular weight is 592 g/mol. The molecule has 0 unspecified atom stereocenters. The molecule has 0 radical (unpaired) electrons. The number of H-pyrrole nitrogens is 1. The monoisotopic (exact) mass is 591 g/mol. The Morgan fingerprint density at radius 3 is 2.51 bits per heavy atom. The molecule has 1 aliphatic carbocycles. The Balaban J connectivity index is 1.54. The van der Waals surface area contributed by atoms with E-state index in [0.717, 1.165) is 30.2 Å². The molecule has 222 valence electrons. The number of ether oxygens (including phenoxy) is 2. The number of aromatic nitrogens is 2. The van der Waals surface area contributed by atoms with E-state index in [2.05, 4.69) is 20.2 Å². The van der Waals surface area contributed by atoms with Crippen molar-refractivity contribution in [3.63, 3.8) is 0 Å². The second-order valence-electron chi connectivity index (χ2n) is 13.1.